The first kappa shape index (κ1) is 21.2. The molecule has 0 bridgehead atoms. The Kier molecular flexibility index (Phi) is 6.15. The predicted octanol–water partition coefficient (Wildman–Crippen LogP) is 5.25. The number of fused-ring (bicyclic) bond motifs is 1. The van der Waals surface area contributed by atoms with Gasteiger partial charge in [0.05, 0.1) is 0 Å². The third-order valence-electron chi connectivity index (χ3n) is 4.92. The molecule has 0 radical (unpaired) electrons. The van der Waals surface area contributed by atoms with Gasteiger partial charge in [-0.05, 0) is 29.5 Å². The lowest BCUT2D eigenvalue weighted by Crippen LogP contribution is -2.35. The van der Waals surface area contributed by atoms with Crippen LogP contribution in [0.2, 0.25) is 0 Å². The van der Waals surface area contributed by atoms with Crippen LogP contribution in [0.4, 0.5) is 5.69 Å². The van der Waals surface area contributed by atoms with Crippen LogP contribution in [0.25, 0.3) is 11.3 Å². The molecule has 2 aromatic rings. The van der Waals surface area contributed by atoms with E-state index in [2.05, 4.69) is 19.2 Å². The van der Waals surface area contributed by atoms with Crippen LogP contribution in [0.1, 0.15) is 58.8 Å². The van der Waals surface area contributed by atoms with Crippen LogP contribution in [0.3, 0.4) is 0 Å². The molecule has 2 heterocycles. The number of carbonyl (C=O) groups is 2. The summed E-state index contributed by atoms with van der Waals surface area (Å²) in [6.45, 7) is 11.6. The van der Waals surface area contributed by atoms with Crippen molar-refractivity contribution in [3.8, 4) is 11.3 Å². The molecule has 3 rings (SSSR count). The molecule has 1 N–H and O–H groups in total. The number of amides is 2. The second kappa shape index (κ2) is 8.44. The molecule has 0 fully saturated rings. The minimum Gasteiger partial charge on any atom is -0.461 e. The van der Waals surface area contributed by atoms with E-state index in [-0.39, 0.29) is 17.2 Å². The van der Waals surface area contributed by atoms with E-state index in [1.54, 1.807) is 0 Å². The topological polar surface area (TPSA) is 62.6 Å². The van der Waals surface area contributed by atoms with Crippen LogP contribution >= 0.6 is 0 Å². The number of furan rings is 1. The van der Waals surface area contributed by atoms with Gasteiger partial charge in [-0.3, -0.25) is 9.59 Å². The van der Waals surface area contributed by atoms with Crippen LogP contribution in [0, 0.1) is 11.3 Å². The van der Waals surface area contributed by atoms with Gasteiger partial charge in [-0.15, -0.1) is 0 Å². The summed E-state index contributed by atoms with van der Waals surface area (Å²) in [5, 5.41) is 2.98. The molecule has 156 valence electrons. The van der Waals surface area contributed by atoms with Crippen LogP contribution in [-0.4, -0.2) is 23.3 Å². The van der Waals surface area contributed by atoms with Crippen molar-refractivity contribution in [3.63, 3.8) is 0 Å². The maximum atomic E-state index is 12.4. The van der Waals surface area contributed by atoms with Gasteiger partial charge in [0.15, 0.2) is 0 Å². The summed E-state index contributed by atoms with van der Waals surface area (Å²) in [5.41, 5.74) is 2.71. The minimum atomic E-state index is -0.0549. The van der Waals surface area contributed by atoms with Crippen LogP contribution in [-0.2, 0) is 22.6 Å². The van der Waals surface area contributed by atoms with Crippen molar-refractivity contribution in [1.29, 1.82) is 0 Å². The summed E-state index contributed by atoms with van der Waals surface area (Å²) in [6, 6.07) is 9.75. The fourth-order valence-corrected chi connectivity index (χ4v) is 3.60. The summed E-state index contributed by atoms with van der Waals surface area (Å²) < 4.78 is 6.09. The Morgan fingerprint density at radius 2 is 1.97 bits per heavy atom. The van der Waals surface area contributed by atoms with Crippen molar-refractivity contribution < 1.29 is 14.0 Å². The largest absolute Gasteiger partial charge is 0.461 e. The average Bonchev–Trinajstić information content (AvgIpc) is 3.03. The number of nitrogens with one attached hydrogen (secondary N) is 1. The van der Waals surface area contributed by atoms with Crippen LogP contribution in [0.15, 0.2) is 34.7 Å². The monoisotopic (exact) mass is 396 g/mol. The lowest BCUT2D eigenvalue weighted by molar-refractivity contribution is -0.133. The Hall–Kier alpha value is -2.56. The zero-order valence-corrected chi connectivity index (χ0v) is 18.2. The average molecular weight is 397 g/mol. The van der Waals surface area contributed by atoms with Crippen molar-refractivity contribution in [2.24, 2.45) is 11.3 Å². The van der Waals surface area contributed by atoms with Gasteiger partial charge in [0.25, 0.3) is 0 Å². The molecule has 0 saturated heterocycles. The lowest BCUT2D eigenvalue weighted by atomic mass is 9.92. The molecule has 0 unspecified atom stereocenters. The van der Waals surface area contributed by atoms with E-state index in [1.807, 2.05) is 56.0 Å². The number of rotatable bonds is 5. The molecule has 5 nitrogen and oxygen atoms in total. The molecule has 0 saturated carbocycles. The molecule has 0 atom stereocenters. The third kappa shape index (κ3) is 5.72. The third-order valence-corrected chi connectivity index (χ3v) is 4.92. The Morgan fingerprint density at radius 3 is 2.66 bits per heavy atom. The molecule has 2 amide bonds. The summed E-state index contributed by atoms with van der Waals surface area (Å²) in [7, 11) is 0. The molecule has 29 heavy (non-hydrogen) atoms. The zero-order valence-electron chi connectivity index (χ0n) is 18.2. The van der Waals surface area contributed by atoms with Crippen molar-refractivity contribution in [1.82, 2.24) is 4.90 Å². The van der Waals surface area contributed by atoms with Gasteiger partial charge >= 0.3 is 0 Å². The van der Waals surface area contributed by atoms with Gasteiger partial charge in [0.2, 0.25) is 11.8 Å². The van der Waals surface area contributed by atoms with Gasteiger partial charge in [-0.1, -0.05) is 46.8 Å². The maximum absolute atomic E-state index is 12.4. The zero-order chi connectivity index (χ0) is 21.2. The van der Waals surface area contributed by atoms with E-state index in [1.165, 1.54) is 0 Å². The van der Waals surface area contributed by atoms with Crippen molar-refractivity contribution in [3.05, 3.63) is 41.7 Å². The van der Waals surface area contributed by atoms with Gasteiger partial charge < -0.3 is 14.6 Å². The number of carbonyl (C=O) groups excluding carboxylic acids is 2. The molecule has 1 aromatic carbocycles. The number of anilines is 1. The molecule has 5 heteroatoms. The first-order chi connectivity index (χ1) is 13.6. The Bertz CT molecular complexity index is 890. The highest BCUT2D eigenvalue weighted by molar-refractivity contribution is 5.91. The second-order valence-electron chi connectivity index (χ2n) is 9.59. The normalized spacial score (nSPS) is 14.1. The molecule has 1 aliphatic rings. The Balaban J connectivity index is 1.72. The number of nitrogens with zero attached hydrogens (tertiary/aromatic N) is 1. The molecular formula is C24H32N2O3. The minimum absolute atomic E-state index is 0.00713. The van der Waals surface area contributed by atoms with E-state index in [0.717, 1.165) is 34.8 Å². The smallest absolute Gasteiger partial charge is 0.224 e. The predicted molar refractivity (Wildman–Crippen MR) is 115 cm³/mol. The van der Waals surface area contributed by atoms with Crippen molar-refractivity contribution in [2.75, 3.05) is 11.9 Å². The molecule has 0 spiro atoms. The molecule has 1 aliphatic heterocycles. The van der Waals surface area contributed by atoms with Crippen molar-refractivity contribution in [2.45, 2.75) is 60.4 Å². The first-order valence-electron chi connectivity index (χ1n) is 10.4. The highest BCUT2D eigenvalue weighted by Gasteiger charge is 2.25. The van der Waals surface area contributed by atoms with Gasteiger partial charge in [-0.2, -0.15) is 0 Å². The SMILES string of the molecule is CC(C)CC(=O)N1CCc2oc(-c3cccc(NC(=O)CC(C)(C)C)c3)cc2C1. The summed E-state index contributed by atoms with van der Waals surface area (Å²) in [5.74, 6) is 2.31. The van der Waals surface area contributed by atoms with Gasteiger partial charge in [0, 0.05) is 49.2 Å². The Labute approximate surface area is 173 Å². The quantitative estimate of drug-likeness (QED) is 0.750. The number of hydrogen-bond acceptors (Lipinski definition) is 3. The van der Waals surface area contributed by atoms with E-state index < -0.39 is 0 Å². The van der Waals surface area contributed by atoms with Gasteiger partial charge in [0.1, 0.15) is 11.5 Å². The summed E-state index contributed by atoms with van der Waals surface area (Å²) in [4.78, 5) is 26.6. The standard InChI is InChI=1S/C24H32N2O3/c1-16(2)11-23(28)26-10-9-20-18(15-26)13-21(29-20)17-7-6-8-19(12-17)25-22(27)14-24(3,4)5/h6-8,12-13,16H,9-11,14-15H2,1-5H3,(H,25,27). The van der Waals surface area contributed by atoms with Crippen molar-refractivity contribution >= 4 is 17.5 Å². The van der Waals surface area contributed by atoms with E-state index in [4.69, 9.17) is 4.42 Å². The van der Waals surface area contributed by atoms with E-state index in [9.17, 15) is 9.59 Å². The maximum Gasteiger partial charge on any atom is 0.224 e. The summed E-state index contributed by atoms with van der Waals surface area (Å²) in [6.07, 6.45) is 1.78. The number of hydrogen-bond donors (Lipinski definition) is 1. The Morgan fingerprint density at radius 1 is 1.21 bits per heavy atom. The van der Waals surface area contributed by atoms with E-state index in [0.29, 0.717) is 31.8 Å². The van der Waals surface area contributed by atoms with E-state index >= 15 is 0 Å². The fraction of sp³-hybridized carbons (Fsp3) is 0.500. The molecule has 1 aromatic heterocycles. The van der Waals surface area contributed by atoms with Gasteiger partial charge in [-0.25, -0.2) is 0 Å². The van der Waals surface area contributed by atoms with Crippen LogP contribution in [0.5, 0.6) is 0 Å². The lowest BCUT2D eigenvalue weighted by Gasteiger charge is -2.26. The fourth-order valence-electron chi connectivity index (χ4n) is 3.60. The highest BCUT2D eigenvalue weighted by Crippen LogP contribution is 2.31. The molecule has 0 aliphatic carbocycles. The first-order valence-corrected chi connectivity index (χ1v) is 10.4. The number of benzene rings is 1. The second-order valence-corrected chi connectivity index (χ2v) is 9.59. The van der Waals surface area contributed by atoms with Crippen LogP contribution < -0.4 is 5.32 Å². The summed E-state index contributed by atoms with van der Waals surface area (Å²) >= 11 is 0. The molecular weight excluding hydrogens is 364 g/mol. The highest BCUT2D eigenvalue weighted by atomic mass is 16.3.